The number of nitrogens with two attached hydrogens (primary N) is 1. The van der Waals surface area contributed by atoms with Crippen molar-refractivity contribution in [3.8, 4) is 0 Å². The first-order chi connectivity index (χ1) is 10.4. The number of amides is 1. The number of fused-ring (bicyclic) bond motifs is 1. The number of anilines is 1. The smallest absolute Gasteiger partial charge is 0.240 e. The SMILES string of the molecule is CC(C)(C)C(N)C(=O)N1CC[C@@H]2[C@H]1CCN2c1ncccn1. The second-order valence-electron chi connectivity index (χ2n) is 7.33. The predicted molar refractivity (Wildman–Crippen MR) is 85.3 cm³/mol. The van der Waals surface area contributed by atoms with Crippen molar-refractivity contribution >= 4 is 11.9 Å². The maximum absolute atomic E-state index is 12.7. The zero-order valence-electron chi connectivity index (χ0n) is 13.6. The highest BCUT2D eigenvalue weighted by Crippen LogP contribution is 2.34. The Labute approximate surface area is 131 Å². The lowest BCUT2D eigenvalue weighted by Gasteiger charge is -2.32. The van der Waals surface area contributed by atoms with Crippen LogP contribution in [0.25, 0.3) is 0 Å². The van der Waals surface area contributed by atoms with Crippen LogP contribution >= 0.6 is 0 Å². The molecule has 0 aliphatic carbocycles. The predicted octanol–water partition coefficient (Wildman–Crippen LogP) is 1.03. The van der Waals surface area contributed by atoms with E-state index < -0.39 is 6.04 Å². The summed E-state index contributed by atoms with van der Waals surface area (Å²) in [7, 11) is 0. The molecule has 1 aromatic heterocycles. The Kier molecular flexibility index (Phi) is 3.80. The number of rotatable bonds is 2. The average molecular weight is 303 g/mol. The van der Waals surface area contributed by atoms with Crippen molar-refractivity contribution < 1.29 is 4.79 Å². The van der Waals surface area contributed by atoms with Crippen molar-refractivity contribution in [3.05, 3.63) is 18.5 Å². The van der Waals surface area contributed by atoms with Crippen molar-refractivity contribution in [1.29, 1.82) is 0 Å². The largest absolute Gasteiger partial charge is 0.336 e. The van der Waals surface area contributed by atoms with E-state index in [1.54, 1.807) is 12.4 Å². The van der Waals surface area contributed by atoms with Crippen molar-refractivity contribution in [2.45, 2.75) is 51.7 Å². The number of carbonyl (C=O) groups excluding carboxylic acids is 1. The number of nitrogens with zero attached hydrogens (tertiary/aromatic N) is 4. The van der Waals surface area contributed by atoms with Crippen LogP contribution in [-0.4, -0.2) is 52.0 Å². The van der Waals surface area contributed by atoms with Crippen molar-refractivity contribution in [2.24, 2.45) is 11.1 Å². The van der Waals surface area contributed by atoms with E-state index >= 15 is 0 Å². The topological polar surface area (TPSA) is 75.4 Å². The van der Waals surface area contributed by atoms with E-state index in [0.29, 0.717) is 6.04 Å². The summed E-state index contributed by atoms with van der Waals surface area (Å²) in [5.74, 6) is 0.847. The van der Waals surface area contributed by atoms with Crippen LogP contribution in [0, 0.1) is 5.41 Å². The highest BCUT2D eigenvalue weighted by molar-refractivity contribution is 5.83. The molecule has 0 saturated carbocycles. The third-order valence-corrected chi connectivity index (χ3v) is 4.87. The molecule has 3 rings (SSSR count). The van der Waals surface area contributed by atoms with Gasteiger partial charge in [-0.15, -0.1) is 0 Å². The van der Waals surface area contributed by atoms with Crippen LogP contribution in [0.3, 0.4) is 0 Å². The summed E-state index contributed by atoms with van der Waals surface area (Å²) < 4.78 is 0. The number of hydrogen-bond donors (Lipinski definition) is 1. The summed E-state index contributed by atoms with van der Waals surface area (Å²) in [5.41, 5.74) is 5.96. The van der Waals surface area contributed by atoms with E-state index in [0.717, 1.165) is 31.9 Å². The Hall–Kier alpha value is -1.69. The summed E-state index contributed by atoms with van der Waals surface area (Å²) in [6.07, 6.45) is 5.46. The molecule has 2 aliphatic heterocycles. The van der Waals surface area contributed by atoms with Crippen LogP contribution in [0.15, 0.2) is 18.5 Å². The quantitative estimate of drug-likeness (QED) is 0.883. The number of aromatic nitrogens is 2. The first-order valence-electron chi connectivity index (χ1n) is 7.99. The van der Waals surface area contributed by atoms with E-state index in [9.17, 15) is 4.79 Å². The molecule has 2 saturated heterocycles. The van der Waals surface area contributed by atoms with Gasteiger partial charge in [-0.05, 0) is 24.3 Å². The minimum Gasteiger partial charge on any atom is -0.336 e. The molecule has 0 bridgehead atoms. The van der Waals surface area contributed by atoms with E-state index in [4.69, 9.17) is 5.73 Å². The average Bonchev–Trinajstić information content (AvgIpc) is 3.07. The zero-order valence-corrected chi connectivity index (χ0v) is 13.6. The van der Waals surface area contributed by atoms with Crippen LogP contribution in [0.5, 0.6) is 0 Å². The molecule has 6 heteroatoms. The summed E-state index contributed by atoms with van der Waals surface area (Å²) in [4.78, 5) is 25.7. The number of hydrogen-bond acceptors (Lipinski definition) is 5. The van der Waals surface area contributed by atoms with Crippen LogP contribution < -0.4 is 10.6 Å². The van der Waals surface area contributed by atoms with Gasteiger partial charge in [-0.2, -0.15) is 0 Å². The number of carbonyl (C=O) groups is 1. The van der Waals surface area contributed by atoms with E-state index in [1.807, 2.05) is 31.7 Å². The molecular formula is C16H25N5O. The maximum atomic E-state index is 12.7. The molecule has 2 aliphatic rings. The van der Waals surface area contributed by atoms with Gasteiger partial charge in [0.2, 0.25) is 11.9 Å². The molecule has 0 aromatic carbocycles. The van der Waals surface area contributed by atoms with Crippen molar-refractivity contribution in [3.63, 3.8) is 0 Å². The lowest BCUT2D eigenvalue weighted by molar-refractivity contribution is -0.135. The molecule has 1 amide bonds. The Bertz CT molecular complexity index is 541. The third kappa shape index (κ3) is 2.56. The molecule has 6 nitrogen and oxygen atoms in total. The van der Waals surface area contributed by atoms with Gasteiger partial charge in [0.15, 0.2) is 0 Å². The lowest BCUT2D eigenvalue weighted by Crippen LogP contribution is -2.52. The Balaban J connectivity index is 1.74. The maximum Gasteiger partial charge on any atom is 0.240 e. The van der Waals surface area contributed by atoms with Gasteiger partial charge in [-0.1, -0.05) is 20.8 Å². The molecule has 1 aromatic rings. The summed E-state index contributed by atoms with van der Waals surface area (Å²) >= 11 is 0. The molecule has 1 unspecified atom stereocenters. The van der Waals surface area contributed by atoms with Gasteiger partial charge < -0.3 is 15.5 Å². The fourth-order valence-corrected chi connectivity index (χ4v) is 3.50. The molecular weight excluding hydrogens is 278 g/mol. The Morgan fingerprint density at radius 2 is 1.86 bits per heavy atom. The molecule has 2 fully saturated rings. The second kappa shape index (κ2) is 5.50. The number of likely N-dealkylation sites (tertiary alicyclic amines) is 1. The van der Waals surface area contributed by atoms with E-state index in [1.165, 1.54) is 0 Å². The van der Waals surface area contributed by atoms with Gasteiger partial charge >= 0.3 is 0 Å². The molecule has 0 spiro atoms. The molecule has 3 atom stereocenters. The van der Waals surface area contributed by atoms with Gasteiger partial charge in [-0.3, -0.25) is 4.79 Å². The zero-order chi connectivity index (χ0) is 15.9. The molecule has 120 valence electrons. The Morgan fingerprint density at radius 1 is 1.23 bits per heavy atom. The molecule has 2 N–H and O–H groups in total. The first-order valence-corrected chi connectivity index (χ1v) is 7.99. The lowest BCUT2D eigenvalue weighted by atomic mass is 9.86. The van der Waals surface area contributed by atoms with Crippen LogP contribution in [0.1, 0.15) is 33.6 Å². The minimum atomic E-state index is -0.451. The fraction of sp³-hybridized carbons (Fsp3) is 0.688. The Morgan fingerprint density at radius 3 is 2.50 bits per heavy atom. The van der Waals surface area contributed by atoms with E-state index in [2.05, 4.69) is 14.9 Å². The van der Waals surface area contributed by atoms with Crippen LogP contribution in [0.4, 0.5) is 5.95 Å². The van der Waals surface area contributed by atoms with Gasteiger partial charge in [0.1, 0.15) is 0 Å². The van der Waals surface area contributed by atoms with Crippen molar-refractivity contribution in [1.82, 2.24) is 14.9 Å². The fourth-order valence-electron chi connectivity index (χ4n) is 3.50. The van der Waals surface area contributed by atoms with Gasteiger partial charge in [0.25, 0.3) is 0 Å². The van der Waals surface area contributed by atoms with Crippen LogP contribution in [-0.2, 0) is 4.79 Å². The summed E-state index contributed by atoms with van der Waals surface area (Å²) in [6.45, 7) is 7.72. The van der Waals surface area contributed by atoms with Crippen molar-refractivity contribution in [2.75, 3.05) is 18.0 Å². The van der Waals surface area contributed by atoms with E-state index in [-0.39, 0.29) is 17.4 Å². The highest BCUT2D eigenvalue weighted by Gasteiger charge is 2.47. The highest BCUT2D eigenvalue weighted by atomic mass is 16.2. The molecule has 22 heavy (non-hydrogen) atoms. The molecule has 3 heterocycles. The molecule has 0 radical (unpaired) electrons. The standard InChI is InChI=1S/C16H25N5O/c1-16(2,3)13(17)14(22)20-9-5-12-11(20)6-10-21(12)15-18-7-4-8-19-15/h4,7-8,11-13H,5-6,9-10,17H2,1-3H3/t11-,12-,13?/m1/s1. The summed E-state index contributed by atoms with van der Waals surface area (Å²) in [5, 5.41) is 0. The van der Waals surface area contributed by atoms with Gasteiger partial charge in [-0.25, -0.2) is 9.97 Å². The summed E-state index contributed by atoms with van der Waals surface area (Å²) in [6, 6.07) is 1.93. The monoisotopic (exact) mass is 303 g/mol. The van der Waals surface area contributed by atoms with Crippen LogP contribution in [0.2, 0.25) is 0 Å². The minimum absolute atomic E-state index is 0.0795. The third-order valence-electron chi connectivity index (χ3n) is 4.87. The second-order valence-corrected chi connectivity index (χ2v) is 7.33. The normalized spacial score (nSPS) is 26.2. The first kappa shape index (κ1) is 15.2. The van der Waals surface area contributed by atoms with Gasteiger partial charge in [0.05, 0.1) is 18.1 Å². The van der Waals surface area contributed by atoms with Gasteiger partial charge in [0, 0.05) is 25.5 Å².